The van der Waals surface area contributed by atoms with Crippen LogP contribution in [0.1, 0.15) is 11.1 Å². The summed E-state index contributed by atoms with van der Waals surface area (Å²) in [4.78, 5) is 0. The van der Waals surface area contributed by atoms with Gasteiger partial charge in [-0.1, -0.05) is 18.2 Å². The molecular formula is C14H12F3NO. The van der Waals surface area contributed by atoms with Crippen molar-refractivity contribution in [3.05, 3.63) is 59.7 Å². The van der Waals surface area contributed by atoms with E-state index in [2.05, 4.69) is 0 Å². The number of hydrogen-bond donors (Lipinski definition) is 1. The van der Waals surface area contributed by atoms with Gasteiger partial charge in [-0.25, -0.2) is 0 Å². The van der Waals surface area contributed by atoms with Gasteiger partial charge in [-0.3, -0.25) is 0 Å². The zero-order chi connectivity index (χ0) is 13.9. The molecule has 0 fully saturated rings. The van der Waals surface area contributed by atoms with Crippen LogP contribution in [-0.4, -0.2) is 0 Å². The first kappa shape index (κ1) is 13.4. The zero-order valence-corrected chi connectivity index (χ0v) is 9.95. The van der Waals surface area contributed by atoms with Crippen LogP contribution in [0.2, 0.25) is 0 Å². The Bertz CT molecular complexity index is 552. The van der Waals surface area contributed by atoms with Crippen molar-refractivity contribution in [1.82, 2.24) is 0 Å². The molecule has 0 aliphatic rings. The van der Waals surface area contributed by atoms with E-state index in [9.17, 15) is 13.2 Å². The lowest BCUT2D eigenvalue weighted by atomic mass is 10.1. The largest absolute Gasteiger partial charge is 0.457 e. The fourth-order valence-corrected chi connectivity index (χ4v) is 1.63. The smallest absolute Gasteiger partial charge is 0.416 e. The highest BCUT2D eigenvalue weighted by atomic mass is 19.4. The molecule has 2 nitrogen and oxygen atoms in total. The minimum absolute atomic E-state index is 0.0217. The number of nitrogens with two attached hydrogens (primary N) is 1. The van der Waals surface area contributed by atoms with Crippen molar-refractivity contribution < 1.29 is 17.9 Å². The second-order valence-corrected chi connectivity index (χ2v) is 3.94. The first-order chi connectivity index (χ1) is 9.00. The van der Waals surface area contributed by atoms with Gasteiger partial charge >= 0.3 is 6.18 Å². The molecule has 2 N–H and O–H groups in total. The van der Waals surface area contributed by atoms with Crippen LogP contribution in [0.3, 0.4) is 0 Å². The summed E-state index contributed by atoms with van der Waals surface area (Å²) in [6.45, 7) is -0.0217. The molecular weight excluding hydrogens is 255 g/mol. The minimum atomic E-state index is -4.38. The standard InChI is InChI=1S/C14H12F3NO/c15-14(16,17)11-6-7-13(10(8-11)9-18)19-12-4-2-1-3-5-12/h1-8H,9,18H2. The second kappa shape index (κ2) is 5.32. The van der Waals surface area contributed by atoms with Gasteiger partial charge in [0.05, 0.1) is 5.56 Å². The highest BCUT2D eigenvalue weighted by Crippen LogP contribution is 2.33. The van der Waals surface area contributed by atoms with Crippen LogP contribution in [0.25, 0.3) is 0 Å². The Morgan fingerprint density at radius 2 is 1.68 bits per heavy atom. The van der Waals surface area contributed by atoms with Crippen LogP contribution in [0, 0.1) is 0 Å². The summed E-state index contributed by atoms with van der Waals surface area (Å²) in [6.07, 6.45) is -4.38. The number of benzene rings is 2. The molecule has 0 saturated heterocycles. The van der Waals surface area contributed by atoms with Crippen LogP contribution in [0.5, 0.6) is 11.5 Å². The molecule has 2 aromatic carbocycles. The molecule has 0 aliphatic heterocycles. The summed E-state index contributed by atoms with van der Waals surface area (Å²) in [5, 5.41) is 0. The van der Waals surface area contributed by atoms with E-state index in [-0.39, 0.29) is 6.54 Å². The van der Waals surface area contributed by atoms with Crippen LogP contribution < -0.4 is 10.5 Å². The van der Waals surface area contributed by atoms with Crippen molar-refractivity contribution in [1.29, 1.82) is 0 Å². The topological polar surface area (TPSA) is 35.2 Å². The zero-order valence-electron chi connectivity index (χ0n) is 9.95. The van der Waals surface area contributed by atoms with Crippen LogP contribution in [0.4, 0.5) is 13.2 Å². The third-order valence-electron chi connectivity index (χ3n) is 2.58. The Kier molecular flexibility index (Phi) is 3.76. The lowest BCUT2D eigenvalue weighted by Gasteiger charge is -2.13. The average molecular weight is 267 g/mol. The molecule has 0 saturated carbocycles. The predicted molar refractivity (Wildman–Crippen MR) is 65.9 cm³/mol. The molecule has 0 spiro atoms. The fourth-order valence-electron chi connectivity index (χ4n) is 1.63. The van der Waals surface area contributed by atoms with Crippen LogP contribution in [0.15, 0.2) is 48.5 Å². The first-order valence-electron chi connectivity index (χ1n) is 5.64. The van der Waals surface area contributed by atoms with Gasteiger partial charge in [0.1, 0.15) is 11.5 Å². The van der Waals surface area contributed by atoms with Crippen LogP contribution in [-0.2, 0) is 12.7 Å². The molecule has 0 radical (unpaired) electrons. The Morgan fingerprint density at radius 1 is 1.00 bits per heavy atom. The molecule has 2 rings (SSSR count). The summed E-state index contributed by atoms with van der Waals surface area (Å²) in [5.41, 5.74) is 5.06. The normalized spacial score (nSPS) is 11.4. The van der Waals surface area contributed by atoms with Gasteiger partial charge in [0.15, 0.2) is 0 Å². The number of hydrogen-bond acceptors (Lipinski definition) is 2. The molecule has 0 unspecified atom stereocenters. The maximum Gasteiger partial charge on any atom is 0.416 e. The molecule has 0 bridgehead atoms. The molecule has 5 heteroatoms. The number of ether oxygens (including phenoxy) is 1. The Labute approximate surface area is 108 Å². The number of rotatable bonds is 3. The van der Waals surface area contributed by atoms with Gasteiger partial charge in [-0.05, 0) is 30.3 Å². The number of halogens is 3. The van der Waals surface area contributed by atoms with Crippen molar-refractivity contribution in [2.45, 2.75) is 12.7 Å². The summed E-state index contributed by atoms with van der Waals surface area (Å²) >= 11 is 0. The third kappa shape index (κ3) is 3.26. The lowest BCUT2D eigenvalue weighted by Crippen LogP contribution is -2.07. The molecule has 0 amide bonds. The van der Waals surface area contributed by atoms with E-state index in [0.29, 0.717) is 17.1 Å². The second-order valence-electron chi connectivity index (χ2n) is 3.94. The Balaban J connectivity index is 2.32. The summed E-state index contributed by atoms with van der Waals surface area (Å²) in [7, 11) is 0. The lowest BCUT2D eigenvalue weighted by molar-refractivity contribution is -0.137. The van der Waals surface area contributed by atoms with E-state index >= 15 is 0 Å². The van der Waals surface area contributed by atoms with E-state index < -0.39 is 11.7 Å². The van der Waals surface area contributed by atoms with E-state index in [0.717, 1.165) is 12.1 Å². The molecule has 0 heterocycles. The van der Waals surface area contributed by atoms with Crippen LogP contribution >= 0.6 is 0 Å². The van der Waals surface area contributed by atoms with Gasteiger partial charge in [0.25, 0.3) is 0 Å². The highest BCUT2D eigenvalue weighted by molar-refractivity contribution is 5.41. The maximum absolute atomic E-state index is 12.6. The highest BCUT2D eigenvalue weighted by Gasteiger charge is 2.31. The minimum Gasteiger partial charge on any atom is -0.457 e. The molecule has 100 valence electrons. The van der Waals surface area contributed by atoms with E-state index in [4.69, 9.17) is 10.5 Å². The van der Waals surface area contributed by atoms with Crippen molar-refractivity contribution in [3.63, 3.8) is 0 Å². The van der Waals surface area contributed by atoms with Crippen molar-refractivity contribution in [3.8, 4) is 11.5 Å². The number of para-hydroxylation sites is 1. The monoisotopic (exact) mass is 267 g/mol. The molecule has 0 atom stereocenters. The molecule has 0 aromatic heterocycles. The van der Waals surface area contributed by atoms with Gasteiger partial charge in [0, 0.05) is 12.1 Å². The van der Waals surface area contributed by atoms with E-state index in [1.165, 1.54) is 6.07 Å². The van der Waals surface area contributed by atoms with Crippen molar-refractivity contribution in [2.24, 2.45) is 5.73 Å². The number of alkyl halides is 3. The van der Waals surface area contributed by atoms with E-state index in [1.54, 1.807) is 24.3 Å². The molecule has 0 aliphatic carbocycles. The van der Waals surface area contributed by atoms with Gasteiger partial charge in [-0.15, -0.1) is 0 Å². The van der Waals surface area contributed by atoms with Gasteiger partial charge < -0.3 is 10.5 Å². The van der Waals surface area contributed by atoms with Crippen molar-refractivity contribution >= 4 is 0 Å². The summed E-state index contributed by atoms with van der Waals surface area (Å²) in [6, 6.07) is 12.1. The van der Waals surface area contributed by atoms with E-state index in [1.807, 2.05) is 6.07 Å². The molecule has 19 heavy (non-hydrogen) atoms. The van der Waals surface area contributed by atoms with Crippen molar-refractivity contribution in [2.75, 3.05) is 0 Å². The Hall–Kier alpha value is -2.01. The molecule has 2 aromatic rings. The summed E-state index contributed by atoms with van der Waals surface area (Å²) in [5.74, 6) is 0.888. The average Bonchev–Trinajstić information content (AvgIpc) is 2.39. The quantitative estimate of drug-likeness (QED) is 0.913. The summed E-state index contributed by atoms with van der Waals surface area (Å²) < 4.78 is 43.3. The fraction of sp³-hybridized carbons (Fsp3) is 0.143. The maximum atomic E-state index is 12.6. The van der Waals surface area contributed by atoms with Gasteiger partial charge in [-0.2, -0.15) is 13.2 Å². The predicted octanol–water partition coefficient (Wildman–Crippen LogP) is 3.96. The Morgan fingerprint density at radius 3 is 2.26 bits per heavy atom. The third-order valence-corrected chi connectivity index (χ3v) is 2.58. The SMILES string of the molecule is NCc1cc(C(F)(F)F)ccc1Oc1ccccc1. The first-order valence-corrected chi connectivity index (χ1v) is 5.64. The van der Waals surface area contributed by atoms with Gasteiger partial charge in [0.2, 0.25) is 0 Å².